The van der Waals surface area contributed by atoms with Gasteiger partial charge in [0.25, 0.3) is 6.29 Å². The van der Waals surface area contributed by atoms with Crippen LogP contribution < -0.4 is 0 Å². The number of hydrogen-bond acceptors (Lipinski definition) is 5. The summed E-state index contributed by atoms with van der Waals surface area (Å²) in [7, 11) is 0. The zero-order chi connectivity index (χ0) is 9.19. The van der Waals surface area contributed by atoms with Gasteiger partial charge in [-0.05, 0) is 20.8 Å². The molecule has 0 N–H and O–H groups in total. The maximum Gasteiger partial charge on any atom is 0.508 e. The highest BCUT2D eigenvalue weighted by Crippen LogP contribution is 2.13. The van der Waals surface area contributed by atoms with Crippen LogP contribution in [0.5, 0.6) is 0 Å². The zero-order valence-electron chi connectivity index (χ0n) is 7.33. The lowest BCUT2D eigenvalue weighted by atomic mass is 10.2. The maximum atomic E-state index is 10.8. The van der Waals surface area contributed by atoms with Gasteiger partial charge in [-0.1, -0.05) is 0 Å². The molecule has 0 aromatic carbocycles. The molecule has 1 rings (SSSR count). The molecule has 0 unspecified atom stereocenters. The quantitative estimate of drug-likeness (QED) is 0.359. The Morgan fingerprint density at radius 1 is 1.42 bits per heavy atom. The molecule has 0 bridgehead atoms. The summed E-state index contributed by atoms with van der Waals surface area (Å²) in [6, 6.07) is 0. The molecule has 1 aliphatic heterocycles. The second-order valence-corrected chi connectivity index (χ2v) is 3.40. The summed E-state index contributed by atoms with van der Waals surface area (Å²) in [6.07, 6.45) is -1.11. The fourth-order valence-corrected chi connectivity index (χ4v) is 0.510. The molecule has 5 nitrogen and oxygen atoms in total. The van der Waals surface area contributed by atoms with Crippen molar-refractivity contribution in [2.75, 3.05) is 6.61 Å². The van der Waals surface area contributed by atoms with E-state index < -0.39 is 18.0 Å². The fraction of sp³-hybridized carbons (Fsp3) is 0.857. The van der Waals surface area contributed by atoms with E-state index in [1.807, 2.05) is 0 Å². The normalized spacial score (nSPS) is 17.2. The number of rotatable bonds is 2. The zero-order valence-corrected chi connectivity index (χ0v) is 7.33. The Hall–Kier alpha value is -0.810. The molecule has 1 saturated heterocycles. The first kappa shape index (κ1) is 9.28. The third-order valence-corrected chi connectivity index (χ3v) is 0.959. The van der Waals surface area contributed by atoms with Crippen molar-refractivity contribution in [3.63, 3.8) is 0 Å². The van der Waals surface area contributed by atoms with Gasteiger partial charge in [-0.25, -0.2) is 4.79 Å². The Bertz CT molecular complexity index is 167. The van der Waals surface area contributed by atoms with Gasteiger partial charge in [-0.3, -0.25) is 0 Å². The van der Waals surface area contributed by atoms with Crippen LogP contribution >= 0.6 is 0 Å². The van der Waals surface area contributed by atoms with Crippen molar-refractivity contribution < 1.29 is 24.0 Å². The summed E-state index contributed by atoms with van der Waals surface area (Å²) in [5.74, 6) is 0. The molecule has 1 heterocycles. The lowest BCUT2D eigenvalue weighted by molar-refractivity contribution is -0.00984. The van der Waals surface area contributed by atoms with Crippen LogP contribution in [0.4, 0.5) is 4.79 Å². The maximum absolute atomic E-state index is 10.8. The lowest BCUT2D eigenvalue weighted by Crippen LogP contribution is -2.25. The molecule has 1 fully saturated rings. The Morgan fingerprint density at radius 2 is 2.00 bits per heavy atom. The van der Waals surface area contributed by atoms with Gasteiger partial charge in [0, 0.05) is 0 Å². The second-order valence-electron chi connectivity index (χ2n) is 3.40. The predicted molar refractivity (Wildman–Crippen MR) is 38.1 cm³/mol. The number of ether oxygens (including phenoxy) is 2. The van der Waals surface area contributed by atoms with Crippen molar-refractivity contribution in [1.82, 2.24) is 0 Å². The van der Waals surface area contributed by atoms with Crippen LogP contribution in [-0.4, -0.2) is 24.7 Å². The van der Waals surface area contributed by atoms with Crippen LogP contribution in [0.15, 0.2) is 0 Å². The SMILES string of the molecule is CC(C)(C)OC(=O)OCC1OO1. The van der Waals surface area contributed by atoms with Crippen molar-refractivity contribution in [3.05, 3.63) is 0 Å². The summed E-state index contributed by atoms with van der Waals surface area (Å²) in [5, 5.41) is 0. The van der Waals surface area contributed by atoms with E-state index in [-0.39, 0.29) is 6.61 Å². The largest absolute Gasteiger partial charge is 0.508 e. The van der Waals surface area contributed by atoms with Crippen LogP contribution in [0.2, 0.25) is 0 Å². The fourth-order valence-electron chi connectivity index (χ4n) is 0.510. The minimum atomic E-state index is -0.707. The standard InChI is InChI=1S/C7H12O5/c1-7(2,3)10-6(8)9-4-5-11-12-5/h5H,4H2,1-3H3. The topological polar surface area (TPSA) is 60.6 Å². The summed E-state index contributed by atoms with van der Waals surface area (Å²) < 4.78 is 9.47. The molecule has 0 amide bonds. The molecule has 0 saturated carbocycles. The van der Waals surface area contributed by atoms with Crippen molar-refractivity contribution in [3.8, 4) is 0 Å². The first-order chi connectivity index (χ1) is 5.47. The van der Waals surface area contributed by atoms with E-state index in [2.05, 4.69) is 14.5 Å². The Balaban J connectivity index is 2.10. The smallest absolute Gasteiger partial charge is 0.429 e. The van der Waals surface area contributed by atoms with Gasteiger partial charge >= 0.3 is 6.16 Å². The highest BCUT2D eigenvalue weighted by atomic mass is 17.4. The minimum absolute atomic E-state index is 0.0783. The van der Waals surface area contributed by atoms with E-state index in [1.54, 1.807) is 20.8 Å². The van der Waals surface area contributed by atoms with Gasteiger partial charge in [0.1, 0.15) is 5.60 Å². The van der Waals surface area contributed by atoms with Gasteiger partial charge in [0.05, 0.1) is 0 Å². The van der Waals surface area contributed by atoms with Gasteiger partial charge < -0.3 is 9.47 Å². The van der Waals surface area contributed by atoms with Crippen LogP contribution in [-0.2, 0) is 19.2 Å². The highest BCUT2D eigenvalue weighted by Gasteiger charge is 2.28. The Labute approximate surface area is 70.5 Å². The Morgan fingerprint density at radius 3 is 2.42 bits per heavy atom. The van der Waals surface area contributed by atoms with Crippen molar-refractivity contribution >= 4 is 6.16 Å². The first-order valence-electron chi connectivity index (χ1n) is 3.65. The Kier molecular flexibility index (Phi) is 2.54. The van der Waals surface area contributed by atoms with E-state index in [1.165, 1.54) is 0 Å². The van der Waals surface area contributed by atoms with Crippen LogP contribution in [0, 0.1) is 0 Å². The first-order valence-corrected chi connectivity index (χ1v) is 3.65. The molecule has 0 atom stereocenters. The van der Waals surface area contributed by atoms with Gasteiger partial charge in [-0.2, -0.15) is 9.78 Å². The minimum Gasteiger partial charge on any atom is -0.429 e. The van der Waals surface area contributed by atoms with Gasteiger partial charge in [-0.15, -0.1) is 0 Å². The molecule has 0 spiro atoms. The van der Waals surface area contributed by atoms with E-state index >= 15 is 0 Å². The molecule has 0 aromatic rings. The summed E-state index contributed by atoms with van der Waals surface area (Å²) in [4.78, 5) is 19.5. The summed E-state index contributed by atoms with van der Waals surface area (Å²) >= 11 is 0. The summed E-state index contributed by atoms with van der Waals surface area (Å²) in [6.45, 7) is 5.37. The predicted octanol–water partition coefficient (Wildman–Crippen LogP) is 1.23. The van der Waals surface area contributed by atoms with Gasteiger partial charge in [0.15, 0.2) is 6.61 Å². The third-order valence-electron chi connectivity index (χ3n) is 0.959. The molecule has 5 heteroatoms. The molecule has 0 aromatic heterocycles. The number of carbonyl (C=O) groups is 1. The van der Waals surface area contributed by atoms with E-state index in [0.717, 1.165) is 0 Å². The number of hydrogen-bond donors (Lipinski definition) is 0. The molecule has 1 aliphatic rings. The lowest BCUT2D eigenvalue weighted by Gasteiger charge is -2.18. The molecule has 12 heavy (non-hydrogen) atoms. The van der Waals surface area contributed by atoms with E-state index in [9.17, 15) is 4.79 Å². The molecule has 70 valence electrons. The second kappa shape index (κ2) is 3.28. The molecule has 0 aliphatic carbocycles. The van der Waals surface area contributed by atoms with Crippen LogP contribution in [0.25, 0.3) is 0 Å². The van der Waals surface area contributed by atoms with Crippen molar-refractivity contribution in [1.29, 1.82) is 0 Å². The van der Waals surface area contributed by atoms with E-state index in [4.69, 9.17) is 4.74 Å². The van der Waals surface area contributed by atoms with Crippen molar-refractivity contribution in [2.45, 2.75) is 32.7 Å². The van der Waals surface area contributed by atoms with Crippen LogP contribution in [0.3, 0.4) is 0 Å². The van der Waals surface area contributed by atoms with Crippen molar-refractivity contribution in [2.24, 2.45) is 0 Å². The molecular weight excluding hydrogens is 164 g/mol. The van der Waals surface area contributed by atoms with Gasteiger partial charge in [0.2, 0.25) is 0 Å². The average molecular weight is 176 g/mol. The third kappa shape index (κ3) is 4.15. The monoisotopic (exact) mass is 176 g/mol. The number of carbonyl (C=O) groups excluding carboxylic acids is 1. The van der Waals surface area contributed by atoms with E-state index in [0.29, 0.717) is 0 Å². The average Bonchev–Trinajstić information content (AvgIpc) is 2.61. The van der Waals surface area contributed by atoms with Crippen LogP contribution in [0.1, 0.15) is 20.8 Å². The summed E-state index contributed by atoms with van der Waals surface area (Å²) in [5.41, 5.74) is -0.525. The molecular formula is C7H12O5. The molecule has 0 radical (unpaired) electrons. The highest BCUT2D eigenvalue weighted by molar-refractivity contribution is 5.60.